The first kappa shape index (κ1) is 16.4. The monoisotopic (exact) mass is 356 g/mol. The van der Waals surface area contributed by atoms with E-state index < -0.39 is 11.7 Å². The van der Waals surface area contributed by atoms with Gasteiger partial charge in [-0.15, -0.1) is 0 Å². The predicted octanol–water partition coefficient (Wildman–Crippen LogP) is 4.92. The highest BCUT2D eigenvalue weighted by molar-refractivity contribution is 6.33. The summed E-state index contributed by atoms with van der Waals surface area (Å²) in [4.78, 5) is 0. The maximum Gasteiger partial charge on any atom is 0.416 e. The second-order valence-corrected chi connectivity index (χ2v) is 5.48. The van der Waals surface area contributed by atoms with Gasteiger partial charge in [-0.05, 0) is 43.3 Å². The third-order valence-electron chi connectivity index (χ3n) is 3.43. The van der Waals surface area contributed by atoms with Crippen molar-refractivity contribution in [3.63, 3.8) is 0 Å². The van der Waals surface area contributed by atoms with Crippen LogP contribution in [0.4, 0.5) is 18.9 Å². The minimum Gasteiger partial charge on any atom is -0.454 e. The zero-order valence-electron chi connectivity index (χ0n) is 12.4. The van der Waals surface area contributed by atoms with E-state index in [-0.39, 0.29) is 17.5 Å². The summed E-state index contributed by atoms with van der Waals surface area (Å²) in [6.07, 6.45) is -4.45. The molecule has 2 aromatic carbocycles. The molecule has 1 aliphatic heterocycles. The summed E-state index contributed by atoms with van der Waals surface area (Å²) in [5.74, 6) is 1.24. The van der Waals surface area contributed by atoms with Gasteiger partial charge in [0.2, 0.25) is 6.79 Å². The molecule has 24 heavy (non-hydrogen) atoms. The molecule has 0 aliphatic carbocycles. The Bertz CT molecular complexity index is 806. The number of halogens is 4. The Balaban J connectivity index is 1.82. The molecule has 0 amide bonds. The molecule has 0 saturated carbocycles. The van der Waals surface area contributed by atoms with Gasteiger partial charge in [-0.25, -0.2) is 0 Å². The fourth-order valence-corrected chi connectivity index (χ4v) is 2.28. The van der Waals surface area contributed by atoms with E-state index in [4.69, 9.17) is 21.1 Å². The third kappa shape index (κ3) is 3.41. The smallest absolute Gasteiger partial charge is 0.416 e. The van der Waals surface area contributed by atoms with E-state index in [1.165, 1.54) is 6.07 Å². The lowest BCUT2D eigenvalue weighted by molar-refractivity contribution is -0.137. The number of hydrogen-bond acceptors (Lipinski definition) is 4. The Morgan fingerprint density at radius 1 is 1.12 bits per heavy atom. The van der Waals surface area contributed by atoms with Gasteiger partial charge in [-0.2, -0.15) is 18.3 Å². The summed E-state index contributed by atoms with van der Waals surface area (Å²) >= 11 is 5.92. The molecule has 0 unspecified atom stereocenters. The van der Waals surface area contributed by atoms with E-state index in [9.17, 15) is 13.2 Å². The number of alkyl halides is 3. The van der Waals surface area contributed by atoms with E-state index in [0.29, 0.717) is 17.2 Å². The van der Waals surface area contributed by atoms with Crippen molar-refractivity contribution in [1.29, 1.82) is 0 Å². The maximum atomic E-state index is 12.8. The molecule has 0 spiro atoms. The average Bonchev–Trinajstić information content (AvgIpc) is 3.00. The topological polar surface area (TPSA) is 42.9 Å². The van der Waals surface area contributed by atoms with Crippen molar-refractivity contribution in [2.75, 3.05) is 12.2 Å². The first-order chi connectivity index (χ1) is 11.3. The average molecular weight is 357 g/mol. The van der Waals surface area contributed by atoms with Crippen LogP contribution in [-0.4, -0.2) is 12.5 Å². The number of hydrogen-bond donors (Lipinski definition) is 1. The number of nitrogens with zero attached hydrogens (tertiary/aromatic N) is 1. The molecule has 4 nitrogen and oxygen atoms in total. The van der Waals surface area contributed by atoms with Crippen LogP contribution in [0.25, 0.3) is 0 Å². The highest BCUT2D eigenvalue weighted by Gasteiger charge is 2.30. The number of nitrogens with one attached hydrogen (secondary N) is 1. The summed E-state index contributed by atoms with van der Waals surface area (Å²) < 4.78 is 48.8. The predicted molar refractivity (Wildman–Crippen MR) is 84.9 cm³/mol. The van der Waals surface area contributed by atoms with Crippen molar-refractivity contribution in [2.45, 2.75) is 13.1 Å². The van der Waals surface area contributed by atoms with Crippen LogP contribution in [0.15, 0.2) is 41.5 Å². The maximum absolute atomic E-state index is 12.8. The summed E-state index contributed by atoms with van der Waals surface area (Å²) in [6, 6.07) is 8.28. The summed E-state index contributed by atoms with van der Waals surface area (Å²) in [5, 5.41) is 4.24. The Morgan fingerprint density at radius 2 is 1.88 bits per heavy atom. The Morgan fingerprint density at radius 3 is 2.62 bits per heavy atom. The third-order valence-corrected chi connectivity index (χ3v) is 3.76. The van der Waals surface area contributed by atoms with Crippen LogP contribution in [0.5, 0.6) is 11.5 Å². The lowest BCUT2D eigenvalue weighted by Gasteiger charge is -2.10. The van der Waals surface area contributed by atoms with Crippen molar-refractivity contribution >= 4 is 23.0 Å². The molecule has 1 heterocycles. The van der Waals surface area contributed by atoms with Crippen LogP contribution in [0.1, 0.15) is 18.1 Å². The molecule has 126 valence electrons. The molecule has 8 heteroatoms. The van der Waals surface area contributed by atoms with Gasteiger partial charge in [0.05, 0.1) is 22.0 Å². The molecule has 0 radical (unpaired) electrons. The highest BCUT2D eigenvalue weighted by Crippen LogP contribution is 2.34. The molecule has 0 aromatic heterocycles. The number of anilines is 1. The van der Waals surface area contributed by atoms with Crippen molar-refractivity contribution in [3.8, 4) is 11.5 Å². The van der Waals surface area contributed by atoms with Crippen LogP contribution in [-0.2, 0) is 6.18 Å². The standard InChI is InChI=1S/C16H12ClF3N2O2/c1-9(10-2-5-14-15(6-10)24-8-23-14)21-22-13-7-11(16(18,19)20)3-4-12(13)17/h2-7,22H,8H2,1H3/b21-9+. The van der Waals surface area contributed by atoms with Gasteiger partial charge >= 0.3 is 6.18 Å². The molecular weight excluding hydrogens is 345 g/mol. The summed E-state index contributed by atoms with van der Waals surface area (Å²) in [5.41, 5.74) is 3.15. The first-order valence-corrected chi connectivity index (χ1v) is 7.29. The van der Waals surface area contributed by atoms with Crippen LogP contribution < -0.4 is 14.9 Å². The number of hydrazone groups is 1. The normalized spacial score (nSPS) is 14.0. The molecule has 1 aliphatic rings. The van der Waals surface area contributed by atoms with E-state index in [0.717, 1.165) is 17.7 Å². The number of ether oxygens (including phenoxy) is 2. The van der Waals surface area contributed by atoms with Crippen LogP contribution in [0.2, 0.25) is 5.02 Å². The van der Waals surface area contributed by atoms with Crippen molar-refractivity contribution < 1.29 is 22.6 Å². The fraction of sp³-hybridized carbons (Fsp3) is 0.188. The molecule has 0 bridgehead atoms. The molecule has 0 fully saturated rings. The van der Waals surface area contributed by atoms with Gasteiger partial charge in [-0.3, -0.25) is 5.43 Å². The quantitative estimate of drug-likeness (QED) is 0.626. The number of rotatable bonds is 3. The van der Waals surface area contributed by atoms with Crippen molar-refractivity contribution in [1.82, 2.24) is 0 Å². The highest BCUT2D eigenvalue weighted by atomic mass is 35.5. The molecular formula is C16H12ClF3N2O2. The number of benzene rings is 2. The van der Waals surface area contributed by atoms with Crippen molar-refractivity contribution in [2.24, 2.45) is 5.10 Å². The zero-order chi connectivity index (χ0) is 17.3. The second kappa shape index (κ2) is 6.24. The van der Waals surface area contributed by atoms with Gasteiger partial charge < -0.3 is 9.47 Å². The minimum atomic E-state index is -4.45. The summed E-state index contributed by atoms with van der Waals surface area (Å²) in [6.45, 7) is 1.87. The molecule has 3 rings (SSSR count). The van der Waals surface area contributed by atoms with Gasteiger partial charge in [0.15, 0.2) is 11.5 Å². The molecule has 0 saturated heterocycles. The lowest BCUT2D eigenvalue weighted by atomic mass is 10.1. The van der Waals surface area contributed by atoms with E-state index in [1.54, 1.807) is 25.1 Å². The zero-order valence-corrected chi connectivity index (χ0v) is 13.2. The first-order valence-electron chi connectivity index (χ1n) is 6.91. The minimum absolute atomic E-state index is 0.0755. The second-order valence-electron chi connectivity index (χ2n) is 5.07. The molecule has 1 N–H and O–H groups in total. The van der Waals surface area contributed by atoms with E-state index >= 15 is 0 Å². The Hall–Kier alpha value is -2.41. The van der Waals surface area contributed by atoms with Crippen LogP contribution in [0.3, 0.4) is 0 Å². The van der Waals surface area contributed by atoms with E-state index in [2.05, 4.69) is 10.5 Å². The number of fused-ring (bicyclic) bond motifs is 1. The van der Waals surface area contributed by atoms with Gasteiger partial charge in [0.25, 0.3) is 0 Å². The fourth-order valence-electron chi connectivity index (χ4n) is 2.12. The van der Waals surface area contributed by atoms with Crippen LogP contribution in [0, 0.1) is 0 Å². The van der Waals surface area contributed by atoms with Gasteiger partial charge in [0.1, 0.15) is 0 Å². The Kier molecular flexibility index (Phi) is 4.28. The largest absolute Gasteiger partial charge is 0.454 e. The van der Waals surface area contributed by atoms with E-state index in [1.807, 2.05) is 0 Å². The Labute approximate surface area is 140 Å². The van der Waals surface area contributed by atoms with Crippen LogP contribution >= 0.6 is 11.6 Å². The van der Waals surface area contributed by atoms with Gasteiger partial charge in [0, 0.05) is 5.56 Å². The van der Waals surface area contributed by atoms with Crippen molar-refractivity contribution in [3.05, 3.63) is 52.5 Å². The van der Waals surface area contributed by atoms with Gasteiger partial charge in [-0.1, -0.05) is 11.6 Å². The molecule has 2 aromatic rings. The SMILES string of the molecule is C/C(=N\Nc1cc(C(F)(F)F)ccc1Cl)c1ccc2c(c1)OCO2. The molecule has 0 atom stereocenters. The summed E-state index contributed by atoms with van der Waals surface area (Å²) in [7, 11) is 0. The lowest BCUT2D eigenvalue weighted by Crippen LogP contribution is -2.06.